The molecule has 7 heteroatoms. The molecule has 0 saturated carbocycles. The zero-order valence-corrected chi connectivity index (χ0v) is 17.4. The van der Waals surface area contributed by atoms with Crippen LogP contribution in [0.1, 0.15) is 18.1 Å². The molecule has 0 heterocycles. The standard InChI is InChI=1S/C21H26N2O4S/c1-6-13-27-20-11-8-18(9-12-20)22-21(24)17(4)23(28(5,25)26)19-10-7-15(2)16(3)14-19/h6-12,14,17H,1,13H2,2-5H3,(H,22,24)/t17-/m0/s1. The Morgan fingerprint density at radius 1 is 1.18 bits per heavy atom. The summed E-state index contributed by atoms with van der Waals surface area (Å²) in [5.41, 5.74) is 3.01. The SMILES string of the molecule is C=CCOc1ccc(NC(=O)[C@H](C)N(c2ccc(C)c(C)c2)S(C)(=O)=O)cc1. The fourth-order valence-electron chi connectivity index (χ4n) is 2.71. The molecule has 1 amide bonds. The molecule has 0 bridgehead atoms. The maximum Gasteiger partial charge on any atom is 0.247 e. The van der Waals surface area contributed by atoms with Crippen molar-refractivity contribution in [1.29, 1.82) is 0 Å². The molecule has 2 rings (SSSR count). The number of hydrogen-bond acceptors (Lipinski definition) is 4. The van der Waals surface area contributed by atoms with Crippen LogP contribution in [-0.2, 0) is 14.8 Å². The van der Waals surface area contributed by atoms with E-state index in [2.05, 4.69) is 11.9 Å². The Labute approximate surface area is 166 Å². The maximum absolute atomic E-state index is 12.7. The number of ether oxygens (including phenoxy) is 1. The van der Waals surface area contributed by atoms with E-state index in [1.54, 1.807) is 49.4 Å². The third-order valence-corrected chi connectivity index (χ3v) is 5.56. The number of rotatable bonds is 8. The average Bonchev–Trinajstić information content (AvgIpc) is 2.63. The van der Waals surface area contributed by atoms with E-state index in [0.717, 1.165) is 21.7 Å². The molecular weight excluding hydrogens is 376 g/mol. The lowest BCUT2D eigenvalue weighted by molar-refractivity contribution is -0.116. The summed E-state index contributed by atoms with van der Waals surface area (Å²) in [5.74, 6) is 0.224. The molecule has 2 aromatic carbocycles. The van der Waals surface area contributed by atoms with E-state index in [1.807, 2.05) is 19.9 Å². The Morgan fingerprint density at radius 2 is 1.82 bits per heavy atom. The number of hydrogen-bond donors (Lipinski definition) is 1. The van der Waals surface area contributed by atoms with Crippen LogP contribution in [0, 0.1) is 13.8 Å². The number of anilines is 2. The van der Waals surface area contributed by atoms with Crippen LogP contribution in [0.25, 0.3) is 0 Å². The molecule has 0 aliphatic carbocycles. The number of benzene rings is 2. The Balaban J connectivity index is 2.21. The lowest BCUT2D eigenvalue weighted by Crippen LogP contribution is -2.45. The summed E-state index contributed by atoms with van der Waals surface area (Å²) in [4.78, 5) is 12.7. The third kappa shape index (κ3) is 5.36. The van der Waals surface area contributed by atoms with E-state index in [4.69, 9.17) is 4.74 Å². The van der Waals surface area contributed by atoms with Crippen LogP contribution in [0.2, 0.25) is 0 Å². The van der Waals surface area contributed by atoms with Crippen molar-refractivity contribution < 1.29 is 17.9 Å². The lowest BCUT2D eigenvalue weighted by Gasteiger charge is -2.28. The van der Waals surface area contributed by atoms with E-state index >= 15 is 0 Å². The molecule has 0 unspecified atom stereocenters. The molecule has 150 valence electrons. The van der Waals surface area contributed by atoms with Gasteiger partial charge < -0.3 is 10.1 Å². The van der Waals surface area contributed by atoms with Crippen molar-refractivity contribution >= 4 is 27.3 Å². The number of carbonyl (C=O) groups excluding carboxylic acids is 1. The van der Waals surface area contributed by atoms with Crippen LogP contribution >= 0.6 is 0 Å². The molecule has 6 nitrogen and oxygen atoms in total. The number of nitrogens with one attached hydrogen (secondary N) is 1. The van der Waals surface area contributed by atoms with Crippen LogP contribution in [0.4, 0.5) is 11.4 Å². The lowest BCUT2D eigenvalue weighted by atomic mass is 10.1. The number of sulfonamides is 1. The van der Waals surface area contributed by atoms with Gasteiger partial charge in [-0.15, -0.1) is 0 Å². The highest BCUT2D eigenvalue weighted by Gasteiger charge is 2.29. The summed E-state index contributed by atoms with van der Waals surface area (Å²) in [6.07, 6.45) is 2.74. The molecular formula is C21H26N2O4S. The fourth-order valence-corrected chi connectivity index (χ4v) is 3.87. The van der Waals surface area contributed by atoms with Gasteiger partial charge in [0.05, 0.1) is 11.9 Å². The zero-order valence-electron chi connectivity index (χ0n) is 16.6. The number of aryl methyl sites for hydroxylation is 2. The quantitative estimate of drug-likeness (QED) is 0.684. The first-order valence-electron chi connectivity index (χ1n) is 8.84. The van der Waals surface area contributed by atoms with Gasteiger partial charge in [-0.2, -0.15) is 0 Å². The van der Waals surface area contributed by atoms with Crippen LogP contribution in [0.5, 0.6) is 5.75 Å². The van der Waals surface area contributed by atoms with Gasteiger partial charge in [-0.1, -0.05) is 18.7 Å². The predicted molar refractivity (Wildman–Crippen MR) is 113 cm³/mol. The minimum atomic E-state index is -3.66. The summed E-state index contributed by atoms with van der Waals surface area (Å²) in [6, 6.07) is 11.2. The Kier molecular flexibility index (Phi) is 6.85. The van der Waals surface area contributed by atoms with Gasteiger partial charge in [-0.3, -0.25) is 9.10 Å². The predicted octanol–water partition coefficient (Wildman–Crippen LogP) is 3.66. The Morgan fingerprint density at radius 3 is 2.36 bits per heavy atom. The van der Waals surface area contributed by atoms with Gasteiger partial charge in [0.2, 0.25) is 15.9 Å². The molecule has 0 fully saturated rings. The highest BCUT2D eigenvalue weighted by Crippen LogP contribution is 2.24. The number of nitrogens with zero attached hydrogens (tertiary/aromatic N) is 1. The van der Waals surface area contributed by atoms with Gasteiger partial charge >= 0.3 is 0 Å². The van der Waals surface area contributed by atoms with Gasteiger partial charge in [0.15, 0.2) is 0 Å². The monoisotopic (exact) mass is 402 g/mol. The van der Waals surface area contributed by atoms with Crippen molar-refractivity contribution in [3.63, 3.8) is 0 Å². The average molecular weight is 403 g/mol. The first kappa shape index (κ1) is 21.5. The van der Waals surface area contributed by atoms with Crippen molar-refractivity contribution in [1.82, 2.24) is 0 Å². The molecule has 2 aromatic rings. The van der Waals surface area contributed by atoms with E-state index < -0.39 is 22.0 Å². The van der Waals surface area contributed by atoms with Gasteiger partial charge in [-0.05, 0) is 68.3 Å². The van der Waals surface area contributed by atoms with E-state index in [9.17, 15) is 13.2 Å². The van der Waals surface area contributed by atoms with Crippen LogP contribution < -0.4 is 14.4 Å². The van der Waals surface area contributed by atoms with Crippen LogP contribution in [0.3, 0.4) is 0 Å². The van der Waals surface area contributed by atoms with Crippen molar-refractivity contribution in [3.05, 3.63) is 66.2 Å². The highest BCUT2D eigenvalue weighted by atomic mass is 32.2. The Bertz CT molecular complexity index is 953. The van der Waals surface area contributed by atoms with Crippen molar-refractivity contribution in [2.75, 3.05) is 22.5 Å². The van der Waals surface area contributed by atoms with Crippen molar-refractivity contribution in [2.45, 2.75) is 26.8 Å². The van der Waals surface area contributed by atoms with Gasteiger partial charge in [0, 0.05) is 5.69 Å². The number of amides is 1. The Hall–Kier alpha value is -2.80. The summed E-state index contributed by atoms with van der Waals surface area (Å²) < 4.78 is 31.3. The molecule has 0 spiro atoms. The van der Waals surface area contributed by atoms with Gasteiger partial charge in [-0.25, -0.2) is 8.42 Å². The first-order valence-corrected chi connectivity index (χ1v) is 10.7. The highest BCUT2D eigenvalue weighted by molar-refractivity contribution is 7.92. The summed E-state index contributed by atoms with van der Waals surface area (Å²) in [5, 5.41) is 2.75. The summed E-state index contributed by atoms with van der Waals surface area (Å²) >= 11 is 0. The second kappa shape index (κ2) is 8.93. The smallest absolute Gasteiger partial charge is 0.247 e. The molecule has 1 N–H and O–H groups in total. The summed E-state index contributed by atoms with van der Waals surface area (Å²) in [7, 11) is -3.66. The summed E-state index contributed by atoms with van der Waals surface area (Å²) in [6.45, 7) is 9.39. The van der Waals surface area contributed by atoms with Gasteiger partial charge in [0.1, 0.15) is 18.4 Å². The minimum Gasteiger partial charge on any atom is -0.490 e. The molecule has 0 aromatic heterocycles. The second-order valence-electron chi connectivity index (χ2n) is 6.62. The largest absolute Gasteiger partial charge is 0.490 e. The normalized spacial score (nSPS) is 12.1. The van der Waals surface area contributed by atoms with Crippen LogP contribution in [-0.4, -0.2) is 33.2 Å². The maximum atomic E-state index is 12.7. The molecule has 0 aliphatic heterocycles. The second-order valence-corrected chi connectivity index (χ2v) is 8.48. The van der Waals surface area contributed by atoms with Crippen molar-refractivity contribution in [3.8, 4) is 5.75 Å². The zero-order chi connectivity index (χ0) is 20.9. The first-order chi connectivity index (χ1) is 13.1. The number of carbonyl (C=O) groups is 1. The van der Waals surface area contributed by atoms with Crippen LogP contribution in [0.15, 0.2) is 55.1 Å². The van der Waals surface area contributed by atoms with E-state index in [1.165, 1.54) is 0 Å². The molecule has 0 saturated heterocycles. The third-order valence-electron chi connectivity index (χ3n) is 4.32. The molecule has 0 aliphatic rings. The molecule has 0 radical (unpaired) electrons. The minimum absolute atomic E-state index is 0.391. The molecule has 1 atom stereocenters. The van der Waals surface area contributed by atoms with Gasteiger partial charge in [0.25, 0.3) is 0 Å². The molecule has 28 heavy (non-hydrogen) atoms. The topological polar surface area (TPSA) is 75.7 Å². The van der Waals surface area contributed by atoms with Crippen molar-refractivity contribution in [2.24, 2.45) is 0 Å². The van der Waals surface area contributed by atoms with E-state index in [0.29, 0.717) is 23.7 Å². The fraction of sp³-hybridized carbons (Fsp3) is 0.286. The van der Waals surface area contributed by atoms with E-state index in [-0.39, 0.29) is 0 Å².